The number of rotatable bonds is 15. The van der Waals surface area contributed by atoms with Crippen molar-refractivity contribution >= 4 is 33.0 Å². The van der Waals surface area contributed by atoms with E-state index in [9.17, 15) is 8.42 Å². The maximum absolute atomic E-state index is 13.8. The number of aryl methyl sites for hydroxylation is 1. The van der Waals surface area contributed by atoms with Gasteiger partial charge in [0.15, 0.2) is 0 Å². The van der Waals surface area contributed by atoms with Gasteiger partial charge in [-0.15, -0.1) is 0 Å². The molecule has 5 atom stereocenters. The molecule has 2 aliphatic rings. The first kappa shape index (κ1) is 34.7. The number of benzene rings is 2. The van der Waals surface area contributed by atoms with Gasteiger partial charge in [0.2, 0.25) is 10.0 Å². The van der Waals surface area contributed by atoms with Gasteiger partial charge in [0.25, 0.3) is 0 Å². The Hall–Kier alpha value is -2.18. The highest BCUT2D eigenvalue weighted by atomic mass is 35.5. The molecule has 5 nitrogen and oxygen atoms in total. The van der Waals surface area contributed by atoms with E-state index in [2.05, 4.69) is 62.4 Å². The van der Waals surface area contributed by atoms with E-state index < -0.39 is 15.3 Å². The third-order valence-corrected chi connectivity index (χ3v) is 12.3. The molecule has 1 aliphatic heterocycles. The first-order valence-corrected chi connectivity index (χ1v) is 19.1. The molecule has 0 saturated heterocycles. The molecule has 7 heteroatoms. The standard InChI is InChI=1S/C37H55ClN2O3S/c1-7-12-28-21-32(38)18-19-33(28)31-24-40(23-30-16-15-27(30)11-5)35-22-29(17-20-36(35)43-25-31)34(13-8-2)39-44(41,42)37(14-9-3)26(6)10-4/h13,17-22,26-27,30-31,37,39H,7-12,14-16,23-25H2,1-6H3/b34-13+/t26-,27?,30?,31?,37?/m1/s1. The molecule has 1 heterocycles. The van der Waals surface area contributed by atoms with Crippen LogP contribution in [0, 0.1) is 17.8 Å². The predicted molar refractivity (Wildman–Crippen MR) is 187 cm³/mol. The van der Waals surface area contributed by atoms with Crippen LogP contribution in [0.4, 0.5) is 5.69 Å². The van der Waals surface area contributed by atoms with Gasteiger partial charge >= 0.3 is 0 Å². The molecule has 1 N–H and O–H groups in total. The van der Waals surface area contributed by atoms with E-state index in [1.54, 1.807) is 0 Å². The lowest BCUT2D eigenvalue weighted by atomic mass is 9.72. The summed E-state index contributed by atoms with van der Waals surface area (Å²) in [4.78, 5) is 2.53. The Labute approximate surface area is 272 Å². The Balaban J connectivity index is 1.71. The normalized spacial score (nSPS) is 21.9. The number of allylic oxidation sites excluding steroid dienone is 1. The molecule has 0 bridgehead atoms. The fourth-order valence-corrected chi connectivity index (χ4v) is 9.33. The Kier molecular flexibility index (Phi) is 12.5. The minimum absolute atomic E-state index is 0.0858. The van der Waals surface area contributed by atoms with Gasteiger partial charge in [0.1, 0.15) is 5.75 Å². The SMILES string of the molecule is CC/C=C(/NS(=O)(=O)C(CCC)[C@H](C)CC)c1ccc2c(c1)N(CC1CCC1CC)CC(c1ccc(Cl)cc1CCC)CO2. The van der Waals surface area contributed by atoms with E-state index in [0.717, 1.165) is 73.1 Å². The maximum atomic E-state index is 13.8. The topological polar surface area (TPSA) is 58.6 Å². The smallest absolute Gasteiger partial charge is 0.235 e. The molecule has 1 aliphatic carbocycles. The molecular weight excluding hydrogens is 588 g/mol. The van der Waals surface area contributed by atoms with Gasteiger partial charge in [-0.3, -0.25) is 4.72 Å². The fourth-order valence-electron chi connectivity index (χ4n) is 7.12. The number of nitrogens with zero attached hydrogens (tertiary/aromatic N) is 1. The maximum Gasteiger partial charge on any atom is 0.235 e. The van der Waals surface area contributed by atoms with Crippen LogP contribution < -0.4 is 14.4 Å². The lowest BCUT2D eigenvalue weighted by Gasteiger charge is -2.41. The van der Waals surface area contributed by atoms with E-state index in [4.69, 9.17) is 16.3 Å². The van der Waals surface area contributed by atoms with Crippen LogP contribution in [0.15, 0.2) is 42.5 Å². The highest BCUT2D eigenvalue weighted by molar-refractivity contribution is 7.90. The lowest BCUT2D eigenvalue weighted by Crippen LogP contribution is -2.40. The second kappa shape index (κ2) is 15.9. The van der Waals surface area contributed by atoms with Crippen molar-refractivity contribution in [1.82, 2.24) is 4.72 Å². The summed E-state index contributed by atoms with van der Waals surface area (Å²) in [5.74, 6) is 2.58. The Bertz CT molecular complexity index is 1370. The van der Waals surface area contributed by atoms with Crippen molar-refractivity contribution in [2.45, 2.75) is 110 Å². The van der Waals surface area contributed by atoms with Crippen LogP contribution in [0.5, 0.6) is 5.75 Å². The molecule has 1 fully saturated rings. The molecule has 0 radical (unpaired) electrons. The molecule has 4 rings (SSSR count). The summed E-state index contributed by atoms with van der Waals surface area (Å²) in [5.41, 5.74) is 5.24. The van der Waals surface area contributed by atoms with Crippen molar-refractivity contribution < 1.29 is 13.2 Å². The number of hydrogen-bond donors (Lipinski definition) is 1. The molecule has 244 valence electrons. The van der Waals surface area contributed by atoms with Crippen molar-refractivity contribution in [2.75, 3.05) is 24.6 Å². The van der Waals surface area contributed by atoms with Crippen molar-refractivity contribution in [3.63, 3.8) is 0 Å². The Morgan fingerprint density at radius 2 is 1.84 bits per heavy atom. The van der Waals surface area contributed by atoms with Crippen LogP contribution in [0.25, 0.3) is 5.70 Å². The average molecular weight is 643 g/mol. The van der Waals surface area contributed by atoms with Crippen molar-refractivity contribution in [2.24, 2.45) is 17.8 Å². The first-order chi connectivity index (χ1) is 21.1. The summed E-state index contributed by atoms with van der Waals surface area (Å²) in [5, 5.41) is 0.365. The van der Waals surface area contributed by atoms with Crippen molar-refractivity contribution in [3.05, 3.63) is 64.2 Å². The van der Waals surface area contributed by atoms with Gasteiger partial charge in [-0.25, -0.2) is 8.42 Å². The van der Waals surface area contributed by atoms with Gasteiger partial charge in [-0.2, -0.15) is 0 Å². The van der Waals surface area contributed by atoms with Crippen LogP contribution in [-0.2, 0) is 16.4 Å². The monoisotopic (exact) mass is 642 g/mol. The largest absolute Gasteiger partial charge is 0.491 e. The number of hydrogen-bond acceptors (Lipinski definition) is 4. The van der Waals surface area contributed by atoms with Gasteiger partial charge in [-0.05, 0) is 91.3 Å². The number of sulfonamides is 1. The van der Waals surface area contributed by atoms with Crippen LogP contribution in [-0.4, -0.2) is 33.4 Å². The Morgan fingerprint density at radius 1 is 1.07 bits per heavy atom. The first-order valence-electron chi connectivity index (χ1n) is 17.2. The molecule has 0 amide bonds. The lowest BCUT2D eigenvalue weighted by molar-refractivity contribution is 0.174. The van der Waals surface area contributed by atoms with Crippen LogP contribution in [0.1, 0.15) is 116 Å². The van der Waals surface area contributed by atoms with Crippen molar-refractivity contribution in [3.8, 4) is 5.75 Å². The van der Waals surface area contributed by atoms with E-state index >= 15 is 0 Å². The number of halogens is 1. The van der Waals surface area contributed by atoms with Gasteiger partial charge < -0.3 is 9.64 Å². The minimum Gasteiger partial charge on any atom is -0.491 e. The highest BCUT2D eigenvalue weighted by Gasteiger charge is 2.35. The summed E-state index contributed by atoms with van der Waals surface area (Å²) in [6.07, 6.45) is 10.9. The quantitative estimate of drug-likeness (QED) is 0.210. The number of anilines is 1. The molecule has 2 aromatic rings. The molecule has 0 aromatic heterocycles. The van der Waals surface area contributed by atoms with Crippen LogP contribution in [0.2, 0.25) is 5.02 Å². The highest BCUT2D eigenvalue weighted by Crippen LogP contribution is 2.42. The summed E-state index contributed by atoms with van der Waals surface area (Å²) in [6, 6.07) is 12.5. The molecule has 4 unspecified atom stereocenters. The van der Waals surface area contributed by atoms with Crippen LogP contribution >= 0.6 is 11.6 Å². The van der Waals surface area contributed by atoms with E-state index in [0.29, 0.717) is 24.6 Å². The zero-order chi connectivity index (χ0) is 31.9. The number of fused-ring (bicyclic) bond motifs is 1. The molecule has 0 spiro atoms. The third kappa shape index (κ3) is 8.15. The number of ether oxygens (including phenoxy) is 1. The van der Waals surface area contributed by atoms with Gasteiger partial charge in [-0.1, -0.05) is 91.0 Å². The molecule has 1 saturated carbocycles. The zero-order valence-electron chi connectivity index (χ0n) is 27.9. The second-order valence-corrected chi connectivity index (χ2v) is 15.4. The number of nitrogens with one attached hydrogen (secondary N) is 1. The third-order valence-electron chi connectivity index (χ3n) is 10.0. The summed E-state index contributed by atoms with van der Waals surface area (Å²) >= 11 is 6.44. The Morgan fingerprint density at radius 3 is 2.48 bits per heavy atom. The molecule has 2 aromatic carbocycles. The molecular formula is C37H55ClN2O3S. The van der Waals surface area contributed by atoms with Crippen molar-refractivity contribution in [1.29, 1.82) is 0 Å². The van der Waals surface area contributed by atoms with E-state index in [1.807, 2.05) is 31.2 Å². The predicted octanol–water partition coefficient (Wildman–Crippen LogP) is 9.60. The minimum atomic E-state index is -3.56. The molecule has 44 heavy (non-hydrogen) atoms. The summed E-state index contributed by atoms with van der Waals surface area (Å²) in [6.45, 7) is 15.2. The van der Waals surface area contributed by atoms with E-state index in [1.165, 1.54) is 30.4 Å². The summed E-state index contributed by atoms with van der Waals surface area (Å²) < 4.78 is 37.1. The summed E-state index contributed by atoms with van der Waals surface area (Å²) in [7, 11) is -3.56. The van der Waals surface area contributed by atoms with E-state index in [-0.39, 0.29) is 11.8 Å². The second-order valence-electron chi connectivity index (χ2n) is 13.1. The fraction of sp³-hybridized carbons (Fsp3) is 0.622. The zero-order valence-corrected chi connectivity index (χ0v) is 29.4. The van der Waals surface area contributed by atoms with Crippen LogP contribution in [0.3, 0.4) is 0 Å². The van der Waals surface area contributed by atoms with Gasteiger partial charge in [0, 0.05) is 29.6 Å². The average Bonchev–Trinajstić information content (AvgIpc) is 3.17. The van der Waals surface area contributed by atoms with Gasteiger partial charge in [0.05, 0.1) is 23.2 Å².